The molecule has 98 valence electrons. The summed E-state index contributed by atoms with van der Waals surface area (Å²) in [5.74, 6) is -0.817. The van der Waals surface area contributed by atoms with Crippen molar-refractivity contribution in [1.82, 2.24) is 15.1 Å². The maximum Gasteiger partial charge on any atom is 0.271 e. The van der Waals surface area contributed by atoms with Crippen molar-refractivity contribution in [3.63, 3.8) is 0 Å². The summed E-state index contributed by atoms with van der Waals surface area (Å²) in [7, 11) is 0. The summed E-state index contributed by atoms with van der Waals surface area (Å²) >= 11 is 0. The van der Waals surface area contributed by atoms with Crippen LogP contribution in [0.15, 0.2) is 6.20 Å². The number of nitrogen functional groups attached to an aromatic ring is 1. The highest BCUT2D eigenvalue weighted by Crippen LogP contribution is 2.17. The number of rotatable bonds is 4. The van der Waals surface area contributed by atoms with Gasteiger partial charge in [0.15, 0.2) is 5.69 Å². The molecule has 18 heavy (non-hydrogen) atoms. The highest BCUT2D eigenvalue weighted by Gasteiger charge is 2.18. The number of carbonyl (C=O) groups is 2. The van der Waals surface area contributed by atoms with Crippen LogP contribution < -0.4 is 16.8 Å². The summed E-state index contributed by atoms with van der Waals surface area (Å²) in [6, 6.07) is 0.265. The van der Waals surface area contributed by atoms with Crippen LogP contribution in [0, 0.1) is 0 Å². The molecule has 1 aromatic rings. The average Bonchev–Trinajstić information content (AvgIpc) is 2.88. The Morgan fingerprint density at radius 2 is 2.11 bits per heavy atom. The van der Waals surface area contributed by atoms with E-state index in [2.05, 4.69) is 10.4 Å². The van der Waals surface area contributed by atoms with Crippen LogP contribution in [-0.4, -0.2) is 27.6 Å². The van der Waals surface area contributed by atoms with Gasteiger partial charge in [-0.1, -0.05) is 12.8 Å². The molecule has 0 spiro atoms. The minimum atomic E-state index is -0.692. The third-order valence-corrected chi connectivity index (χ3v) is 3.05. The average molecular weight is 251 g/mol. The van der Waals surface area contributed by atoms with E-state index in [0.717, 1.165) is 25.7 Å². The van der Waals surface area contributed by atoms with E-state index in [9.17, 15) is 9.59 Å². The van der Waals surface area contributed by atoms with Gasteiger partial charge in [0.25, 0.3) is 5.91 Å². The van der Waals surface area contributed by atoms with Crippen LogP contribution in [0.25, 0.3) is 0 Å². The fourth-order valence-electron chi connectivity index (χ4n) is 2.20. The molecule has 7 heteroatoms. The number of hydrogen-bond acceptors (Lipinski definition) is 4. The molecule has 1 saturated carbocycles. The maximum atomic E-state index is 11.7. The molecule has 0 bridgehead atoms. The van der Waals surface area contributed by atoms with Gasteiger partial charge in [-0.2, -0.15) is 5.10 Å². The van der Waals surface area contributed by atoms with Crippen LogP contribution >= 0.6 is 0 Å². The van der Waals surface area contributed by atoms with Gasteiger partial charge >= 0.3 is 0 Å². The molecule has 5 N–H and O–H groups in total. The van der Waals surface area contributed by atoms with Crippen molar-refractivity contribution in [2.45, 2.75) is 38.3 Å². The summed E-state index contributed by atoms with van der Waals surface area (Å²) in [4.78, 5) is 22.7. The molecule has 7 nitrogen and oxygen atoms in total. The third-order valence-electron chi connectivity index (χ3n) is 3.05. The van der Waals surface area contributed by atoms with Crippen LogP contribution in [-0.2, 0) is 11.3 Å². The summed E-state index contributed by atoms with van der Waals surface area (Å²) in [6.07, 6.45) is 5.81. The van der Waals surface area contributed by atoms with Crippen molar-refractivity contribution in [3.8, 4) is 0 Å². The molecule has 1 aliphatic carbocycles. The molecule has 0 aliphatic heterocycles. The van der Waals surface area contributed by atoms with Crippen LogP contribution in [0.5, 0.6) is 0 Å². The van der Waals surface area contributed by atoms with Crippen LogP contribution in [0.1, 0.15) is 36.2 Å². The first-order valence-corrected chi connectivity index (χ1v) is 5.98. The lowest BCUT2D eigenvalue weighted by molar-refractivity contribution is -0.122. The zero-order valence-corrected chi connectivity index (χ0v) is 10.1. The van der Waals surface area contributed by atoms with E-state index in [1.165, 1.54) is 10.9 Å². The van der Waals surface area contributed by atoms with E-state index in [4.69, 9.17) is 11.5 Å². The van der Waals surface area contributed by atoms with Gasteiger partial charge in [-0.15, -0.1) is 0 Å². The Balaban J connectivity index is 1.94. The van der Waals surface area contributed by atoms with Crippen LogP contribution in [0.4, 0.5) is 5.69 Å². The Morgan fingerprint density at radius 3 is 2.67 bits per heavy atom. The topological polar surface area (TPSA) is 116 Å². The number of hydrogen-bond donors (Lipinski definition) is 3. The number of nitrogens with two attached hydrogens (primary N) is 2. The lowest BCUT2D eigenvalue weighted by Crippen LogP contribution is -2.35. The second-order valence-electron chi connectivity index (χ2n) is 4.54. The predicted molar refractivity (Wildman–Crippen MR) is 65.6 cm³/mol. The molecule has 1 aliphatic rings. The van der Waals surface area contributed by atoms with E-state index >= 15 is 0 Å². The fourth-order valence-corrected chi connectivity index (χ4v) is 2.20. The van der Waals surface area contributed by atoms with Gasteiger partial charge in [-0.25, -0.2) is 0 Å². The number of nitrogens with zero attached hydrogens (tertiary/aromatic N) is 2. The van der Waals surface area contributed by atoms with Crippen molar-refractivity contribution in [3.05, 3.63) is 11.9 Å². The van der Waals surface area contributed by atoms with Crippen molar-refractivity contribution in [1.29, 1.82) is 0 Å². The van der Waals surface area contributed by atoms with Crippen LogP contribution in [0.2, 0.25) is 0 Å². The van der Waals surface area contributed by atoms with Gasteiger partial charge in [-0.3, -0.25) is 14.3 Å². The summed E-state index contributed by atoms with van der Waals surface area (Å²) < 4.78 is 1.33. The standard InChI is InChI=1S/C11H17N5O2/c12-8-5-16(15-10(8)11(13)18)6-9(17)14-7-3-1-2-4-7/h5,7H,1-4,6,12H2,(H2,13,18)(H,14,17). The highest BCUT2D eigenvalue weighted by atomic mass is 16.2. The lowest BCUT2D eigenvalue weighted by Gasteiger charge is -2.11. The van der Waals surface area contributed by atoms with Crippen molar-refractivity contribution < 1.29 is 9.59 Å². The number of nitrogens with one attached hydrogen (secondary N) is 1. The van der Waals surface area contributed by atoms with Gasteiger partial charge in [0, 0.05) is 12.2 Å². The normalized spacial score (nSPS) is 15.8. The fraction of sp³-hybridized carbons (Fsp3) is 0.545. The number of anilines is 1. The molecule has 1 fully saturated rings. The largest absolute Gasteiger partial charge is 0.396 e. The van der Waals surface area contributed by atoms with Gasteiger partial charge < -0.3 is 16.8 Å². The Kier molecular flexibility index (Phi) is 3.50. The molecule has 1 heterocycles. The minimum absolute atomic E-state index is 0.00339. The highest BCUT2D eigenvalue weighted by molar-refractivity contribution is 5.95. The molecule has 2 amide bonds. The Morgan fingerprint density at radius 1 is 1.44 bits per heavy atom. The van der Waals surface area contributed by atoms with E-state index in [1.54, 1.807) is 0 Å². The van der Waals surface area contributed by atoms with Gasteiger partial charge in [0.2, 0.25) is 5.91 Å². The van der Waals surface area contributed by atoms with Gasteiger partial charge in [0.05, 0.1) is 5.69 Å². The molecule has 0 saturated heterocycles. The molecule has 0 unspecified atom stereocenters. The van der Waals surface area contributed by atoms with Crippen molar-refractivity contribution >= 4 is 17.5 Å². The Hall–Kier alpha value is -2.05. The number of aromatic nitrogens is 2. The molecule has 2 rings (SSSR count). The summed E-state index contributed by atoms with van der Waals surface area (Å²) in [5.41, 5.74) is 10.9. The maximum absolute atomic E-state index is 11.7. The first-order valence-electron chi connectivity index (χ1n) is 5.98. The monoisotopic (exact) mass is 251 g/mol. The zero-order chi connectivity index (χ0) is 13.1. The lowest BCUT2D eigenvalue weighted by atomic mass is 10.2. The van der Waals surface area contributed by atoms with Crippen molar-refractivity contribution in [2.24, 2.45) is 5.73 Å². The minimum Gasteiger partial charge on any atom is -0.396 e. The summed E-state index contributed by atoms with van der Waals surface area (Å²) in [6.45, 7) is 0.0496. The van der Waals surface area contributed by atoms with E-state index in [1.807, 2.05) is 0 Å². The van der Waals surface area contributed by atoms with Gasteiger partial charge in [0.1, 0.15) is 6.54 Å². The Bertz CT molecular complexity index is 462. The Labute approximate surface area is 105 Å². The van der Waals surface area contributed by atoms with Crippen LogP contribution in [0.3, 0.4) is 0 Å². The van der Waals surface area contributed by atoms with E-state index in [-0.39, 0.29) is 29.9 Å². The number of primary amides is 1. The quantitative estimate of drug-likeness (QED) is 0.676. The molecule has 0 radical (unpaired) electrons. The SMILES string of the molecule is NC(=O)c1nn(CC(=O)NC2CCCC2)cc1N. The second kappa shape index (κ2) is 5.07. The number of carbonyl (C=O) groups excluding carboxylic acids is 2. The molecular formula is C11H17N5O2. The van der Waals surface area contributed by atoms with Crippen molar-refractivity contribution in [2.75, 3.05) is 5.73 Å². The van der Waals surface area contributed by atoms with Gasteiger partial charge in [-0.05, 0) is 12.8 Å². The third kappa shape index (κ3) is 2.79. The summed E-state index contributed by atoms with van der Waals surface area (Å²) in [5, 5.41) is 6.81. The molecule has 0 atom stereocenters. The zero-order valence-electron chi connectivity index (χ0n) is 10.1. The first kappa shape index (κ1) is 12.4. The van der Waals surface area contributed by atoms with E-state index < -0.39 is 5.91 Å². The molecule has 0 aromatic carbocycles. The smallest absolute Gasteiger partial charge is 0.271 e. The second-order valence-corrected chi connectivity index (χ2v) is 4.54. The van der Waals surface area contributed by atoms with E-state index in [0.29, 0.717) is 0 Å². The first-order chi connectivity index (χ1) is 8.56. The molecule has 1 aromatic heterocycles. The number of amides is 2. The predicted octanol–water partition coefficient (Wildman–Crippen LogP) is -0.377. The molecular weight excluding hydrogens is 234 g/mol.